The molecule has 0 aliphatic heterocycles. The van der Waals surface area contributed by atoms with E-state index in [9.17, 15) is 4.79 Å². The highest BCUT2D eigenvalue weighted by atomic mass is 32.2. The number of rotatable bonds is 1. The smallest absolute Gasteiger partial charge is 0.186 e. The fraction of sp³-hybridized carbons (Fsp3) is 0.400. The molecular weight excluding hydrogens is 214 g/mol. The van der Waals surface area contributed by atoms with Gasteiger partial charge in [0.1, 0.15) is 0 Å². The number of hydrogen-bond acceptors (Lipinski definition) is 4. The summed E-state index contributed by atoms with van der Waals surface area (Å²) in [6.07, 6.45) is 0. The number of aryl methyl sites for hydroxylation is 2. The molecule has 1 aromatic heterocycles. The van der Waals surface area contributed by atoms with E-state index in [2.05, 4.69) is 16.8 Å². The van der Waals surface area contributed by atoms with E-state index in [1.165, 1.54) is 11.8 Å². The van der Waals surface area contributed by atoms with Crippen molar-refractivity contribution in [1.29, 1.82) is 0 Å². The number of carbonyl (C=O) groups excluding carboxylic acids is 1. The molecule has 2 nitrogen and oxygen atoms in total. The van der Waals surface area contributed by atoms with E-state index in [4.69, 9.17) is 0 Å². The second-order valence-corrected chi connectivity index (χ2v) is 5.08. The zero-order chi connectivity index (χ0) is 10.6. The van der Waals surface area contributed by atoms with Gasteiger partial charge in [0.2, 0.25) is 0 Å². The Labute approximate surface area is 92.1 Å². The van der Waals surface area contributed by atoms with Crippen LogP contribution in [-0.4, -0.2) is 15.9 Å². The van der Waals surface area contributed by atoms with Crippen LogP contribution >= 0.6 is 23.1 Å². The Morgan fingerprint density at radius 2 is 2.29 bits per heavy atom. The molecule has 0 spiro atoms. The first-order valence-corrected chi connectivity index (χ1v) is 5.96. The zero-order valence-electron chi connectivity index (χ0n) is 8.38. The fourth-order valence-electron chi connectivity index (χ4n) is 0.901. The highest BCUT2D eigenvalue weighted by molar-refractivity contribution is 8.13. The summed E-state index contributed by atoms with van der Waals surface area (Å²) in [7, 11) is 0. The van der Waals surface area contributed by atoms with Gasteiger partial charge in [-0.15, -0.1) is 11.3 Å². The standard InChI is InChI=1S/C10H11NOS2/c1-7-10(14-8(2)11-7)5-4-6-13-9(3)12/h6H2,1-3H3. The predicted octanol–water partition coefficient (Wildman–Crippen LogP) is 2.39. The minimum Gasteiger partial charge on any atom is -0.288 e. The molecule has 0 unspecified atom stereocenters. The lowest BCUT2D eigenvalue weighted by Crippen LogP contribution is -1.82. The van der Waals surface area contributed by atoms with Crippen LogP contribution in [0.3, 0.4) is 0 Å². The number of nitrogens with zero attached hydrogens (tertiary/aromatic N) is 1. The number of thioether (sulfide) groups is 1. The van der Waals surface area contributed by atoms with E-state index in [-0.39, 0.29) is 5.12 Å². The molecule has 1 aromatic rings. The number of carbonyl (C=O) groups is 1. The Morgan fingerprint density at radius 1 is 1.57 bits per heavy atom. The van der Waals surface area contributed by atoms with Gasteiger partial charge in [-0.1, -0.05) is 23.6 Å². The Kier molecular flexibility index (Phi) is 4.18. The summed E-state index contributed by atoms with van der Waals surface area (Å²) in [5.41, 5.74) is 0.979. The van der Waals surface area contributed by atoms with Crippen LogP contribution in [0.25, 0.3) is 0 Å². The third kappa shape index (κ3) is 3.52. The third-order valence-corrected chi connectivity index (χ3v) is 3.14. The van der Waals surface area contributed by atoms with Crippen molar-refractivity contribution < 1.29 is 4.79 Å². The molecule has 0 amide bonds. The first-order valence-electron chi connectivity index (χ1n) is 4.16. The lowest BCUT2D eigenvalue weighted by molar-refractivity contribution is -0.109. The van der Waals surface area contributed by atoms with Crippen molar-refractivity contribution in [3.05, 3.63) is 15.6 Å². The van der Waals surface area contributed by atoms with Gasteiger partial charge in [0, 0.05) is 6.92 Å². The molecular formula is C10H11NOS2. The Balaban J connectivity index is 2.59. The van der Waals surface area contributed by atoms with Crippen LogP contribution in [0.4, 0.5) is 0 Å². The molecule has 0 bridgehead atoms. The maximum atomic E-state index is 10.6. The lowest BCUT2D eigenvalue weighted by atomic mass is 10.4. The van der Waals surface area contributed by atoms with Crippen molar-refractivity contribution in [3.8, 4) is 11.8 Å². The molecule has 4 heteroatoms. The van der Waals surface area contributed by atoms with E-state index in [1.54, 1.807) is 18.3 Å². The van der Waals surface area contributed by atoms with Crippen LogP contribution < -0.4 is 0 Å². The third-order valence-electron chi connectivity index (χ3n) is 1.45. The molecule has 1 heterocycles. The second-order valence-electron chi connectivity index (χ2n) is 2.73. The summed E-state index contributed by atoms with van der Waals surface area (Å²) in [6, 6.07) is 0. The van der Waals surface area contributed by atoms with Crippen molar-refractivity contribution in [2.24, 2.45) is 0 Å². The first kappa shape index (κ1) is 11.3. The Bertz CT molecular complexity index is 398. The predicted molar refractivity (Wildman–Crippen MR) is 61.6 cm³/mol. The molecule has 0 saturated heterocycles. The number of aromatic nitrogens is 1. The van der Waals surface area contributed by atoms with E-state index in [1.807, 2.05) is 13.8 Å². The summed E-state index contributed by atoms with van der Waals surface area (Å²) in [5.74, 6) is 6.53. The molecule has 0 aliphatic rings. The van der Waals surface area contributed by atoms with Crippen molar-refractivity contribution >= 4 is 28.2 Å². The summed E-state index contributed by atoms with van der Waals surface area (Å²) >= 11 is 2.83. The van der Waals surface area contributed by atoms with Gasteiger partial charge in [-0.3, -0.25) is 4.79 Å². The van der Waals surface area contributed by atoms with Gasteiger partial charge in [0.25, 0.3) is 0 Å². The van der Waals surface area contributed by atoms with Crippen molar-refractivity contribution in [1.82, 2.24) is 4.98 Å². The molecule has 0 fully saturated rings. The van der Waals surface area contributed by atoms with Gasteiger partial charge in [0.05, 0.1) is 21.3 Å². The molecule has 0 radical (unpaired) electrons. The van der Waals surface area contributed by atoms with Gasteiger partial charge >= 0.3 is 0 Å². The SMILES string of the molecule is CC(=O)SCC#Cc1sc(C)nc1C. The highest BCUT2D eigenvalue weighted by Crippen LogP contribution is 2.15. The summed E-state index contributed by atoms with van der Waals surface area (Å²) in [6.45, 7) is 5.47. The maximum Gasteiger partial charge on any atom is 0.186 e. The van der Waals surface area contributed by atoms with Gasteiger partial charge in [-0.25, -0.2) is 4.98 Å². The van der Waals surface area contributed by atoms with E-state index in [0.717, 1.165) is 15.6 Å². The van der Waals surface area contributed by atoms with Crippen LogP contribution in [0.1, 0.15) is 22.5 Å². The van der Waals surface area contributed by atoms with Gasteiger partial charge in [-0.05, 0) is 13.8 Å². The molecule has 14 heavy (non-hydrogen) atoms. The summed E-state index contributed by atoms with van der Waals surface area (Å²) < 4.78 is 0. The van der Waals surface area contributed by atoms with Crippen molar-refractivity contribution in [2.45, 2.75) is 20.8 Å². The van der Waals surface area contributed by atoms with E-state index in [0.29, 0.717) is 5.75 Å². The lowest BCUT2D eigenvalue weighted by Gasteiger charge is -1.84. The maximum absolute atomic E-state index is 10.6. The van der Waals surface area contributed by atoms with Crippen LogP contribution in [0, 0.1) is 25.7 Å². The monoisotopic (exact) mass is 225 g/mol. The molecule has 1 rings (SSSR count). The zero-order valence-corrected chi connectivity index (χ0v) is 10.0. The van der Waals surface area contributed by atoms with E-state index >= 15 is 0 Å². The minimum absolute atomic E-state index is 0.108. The minimum atomic E-state index is 0.108. The first-order chi connectivity index (χ1) is 6.59. The number of thiazole rings is 1. The topological polar surface area (TPSA) is 30.0 Å². The van der Waals surface area contributed by atoms with Crippen LogP contribution in [0.2, 0.25) is 0 Å². The number of hydrogen-bond donors (Lipinski definition) is 0. The normalized spacial score (nSPS) is 9.36. The van der Waals surface area contributed by atoms with Gasteiger partial charge < -0.3 is 0 Å². The largest absolute Gasteiger partial charge is 0.288 e. The molecule has 0 N–H and O–H groups in total. The average Bonchev–Trinajstić information content (AvgIpc) is 2.39. The molecule has 74 valence electrons. The molecule has 0 saturated carbocycles. The van der Waals surface area contributed by atoms with Gasteiger partial charge in [0.15, 0.2) is 5.12 Å². The molecule has 0 aromatic carbocycles. The second kappa shape index (κ2) is 5.18. The average molecular weight is 225 g/mol. The highest BCUT2D eigenvalue weighted by Gasteiger charge is 2.00. The summed E-state index contributed by atoms with van der Waals surface area (Å²) in [4.78, 5) is 15.9. The van der Waals surface area contributed by atoms with Crippen molar-refractivity contribution in [3.63, 3.8) is 0 Å². The Hall–Kier alpha value is -0.790. The van der Waals surface area contributed by atoms with Crippen LogP contribution in [0.15, 0.2) is 0 Å². The Morgan fingerprint density at radius 3 is 2.79 bits per heavy atom. The fourth-order valence-corrected chi connectivity index (χ4v) is 2.04. The molecule has 0 aliphatic carbocycles. The molecule has 0 atom stereocenters. The van der Waals surface area contributed by atoms with E-state index < -0.39 is 0 Å². The van der Waals surface area contributed by atoms with Crippen LogP contribution in [-0.2, 0) is 4.79 Å². The summed E-state index contributed by atoms with van der Waals surface area (Å²) in [5, 5.41) is 1.14. The quantitative estimate of drug-likeness (QED) is 0.687. The van der Waals surface area contributed by atoms with Gasteiger partial charge in [-0.2, -0.15) is 0 Å². The van der Waals surface area contributed by atoms with Crippen molar-refractivity contribution in [2.75, 3.05) is 5.75 Å². The van der Waals surface area contributed by atoms with Crippen LogP contribution in [0.5, 0.6) is 0 Å².